The quantitative estimate of drug-likeness (QED) is 0.500. The lowest BCUT2D eigenvalue weighted by molar-refractivity contribution is 0.105. The van der Waals surface area contributed by atoms with Gasteiger partial charge in [0.15, 0.2) is 11.6 Å². The van der Waals surface area contributed by atoms with Gasteiger partial charge in [-0.15, -0.1) is 10.2 Å². The van der Waals surface area contributed by atoms with Crippen molar-refractivity contribution >= 4 is 0 Å². The van der Waals surface area contributed by atoms with E-state index in [1.165, 1.54) is 0 Å². The van der Waals surface area contributed by atoms with Crippen LogP contribution in [0.3, 0.4) is 0 Å². The van der Waals surface area contributed by atoms with Gasteiger partial charge in [-0.3, -0.25) is 4.57 Å². The SMILES string of the molecule is COc1ccc2c(c1)COCc1nnc(-c3ccc(-c4ccccc4OC)cc3)n1-2. The molecule has 5 rings (SSSR count). The van der Waals surface area contributed by atoms with Gasteiger partial charge < -0.3 is 14.2 Å². The molecule has 6 nitrogen and oxygen atoms in total. The van der Waals surface area contributed by atoms with Crippen LogP contribution >= 0.6 is 0 Å². The lowest BCUT2D eigenvalue weighted by atomic mass is 10.0. The number of nitrogens with zero attached hydrogens (tertiary/aromatic N) is 3. The fourth-order valence-corrected chi connectivity index (χ4v) is 3.81. The molecular weight excluding hydrogens is 378 g/mol. The molecule has 0 radical (unpaired) electrons. The minimum Gasteiger partial charge on any atom is -0.497 e. The first kappa shape index (κ1) is 18.4. The summed E-state index contributed by atoms with van der Waals surface area (Å²) in [7, 11) is 3.35. The zero-order valence-electron chi connectivity index (χ0n) is 16.8. The fraction of sp³-hybridized carbons (Fsp3) is 0.167. The summed E-state index contributed by atoms with van der Waals surface area (Å²) in [6.45, 7) is 0.908. The van der Waals surface area contributed by atoms with Crippen molar-refractivity contribution in [3.63, 3.8) is 0 Å². The number of fused-ring (bicyclic) bond motifs is 3. The minimum atomic E-state index is 0.406. The molecule has 0 aliphatic carbocycles. The van der Waals surface area contributed by atoms with Crippen molar-refractivity contribution in [2.75, 3.05) is 14.2 Å². The molecule has 6 heteroatoms. The Morgan fingerprint density at radius 3 is 2.43 bits per heavy atom. The number of ether oxygens (including phenoxy) is 3. The molecule has 0 amide bonds. The maximum atomic E-state index is 5.81. The average Bonchev–Trinajstić information content (AvgIpc) is 3.14. The molecule has 1 aliphatic rings. The number of benzene rings is 3. The molecule has 150 valence electrons. The molecule has 1 aliphatic heterocycles. The zero-order chi connectivity index (χ0) is 20.5. The average molecular weight is 399 g/mol. The third-order valence-corrected chi connectivity index (χ3v) is 5.31. The van der Waals surface area contributed by atoms with Gasteiger partial charge in [-0.05, 0) is 29.8 Å². The second kappa shape index (κ2) is 7.65. The van der Waals surface area contributed by atoms with Gasteiger partial charge in [-0.25, -0.2) is 0 Å². The van der Waals surface area contributed by atoms with Crippen molar-refractivity contribution in [3.8, 4) is 39.7 Å². The number of methoxy groups -OCH3 is 2. The summed E-state index contributed by atoms with van der Waals surface area (Å²) in [4.78, 5) is 0. The summed E-state index contributed by atoms with van der Waals surface area (Å²) in [6, 6.07) is 22.3. The molecule has 0 saturated heterocycles. The van der Waals surface area contributed by atoms with Crippen molar-refractivity contribution in [2.45, 2.75) is 13.2 Å². The van der Waals surface area contributed by atoms with Crippen molar-refractivity contribution in [1.82, 2.24) is 14.8 Å². The molecule has 0 unspecified atom stereocenters. The number of para-hydroxylation sites is 1. The highest BCUT2D eigenvalue weighted by atomic mass is 16.5. The summed E-state index contributed by atoms with van der Waals surface area (Å²) < 4.78 is 18.7. The standard InChI is InChI=1S/C24H21N3O3/c1-28-19-11-12-21-18(13-19)14-30-15-23-25-26-24(27(21)23)17-9-7-16(8-10-17)20-5-3-4-6-22(20)29-2/h3-13H,14-15H2,1-2H3. The first-order valence-electron chi connectivity index (χ1n) is 9.71. The molecule has 30 heavy (non-hydrogen) atoms. The van der Waals surface area contributed by atoms with Gasteiger partial charge in [0.05, 0.1) is 26.5 Å². The predicted molar refractivity (Wildman–Crippen MR) is 114 cm³/mol. The molecule has 3 aromatic carbocycles. The van der Waals surface area contributed by atoms with Crippen LogP contribution in [-0.4, -0.2) is 29.0 Å². The number of rotatable bonds is 4. The topological polar surface area (TPSA) is 58.4 Å². The monoisotopic (exact) mass is 399 g/mol. The molecule has 1 aromatic heterocycles. The Bertz CT molecular complexity index is 1200. The maximum Gasteiger partial charge on any atom is 0.168 e. The highest BCUT2D eigenvalue weighted by Crippen LogP contribution is 2.33. The van der Waals surface area contributed by atoms with E-state index in [2.05, 4.69) is 45.1 Å². The van der Waals surface area contributed by atoms with E-state index < -0.39 is 0 Å². The fourth-order valence-electron chi connectivity index (χ4n) is 3.81. The predicted octanol–water partition coefficient (Wildman–Crippen LogP) is 4.65. The van der Waals surface area contributed by atoms with Crippen LogP contribution in [0.15, 0.2) is 66.7 Å². The molecule has 4 aromatic rings. The van der Waals surface area contributed by atoms with E-state index in [1.54, 1.807) is 14.2 Å². The van der Waals surface area contributed by atoms with E-state index >= 15 is 0 Å². The largest absolute Gasteiger partial charge is 0.497 e. The van der Waals surface area contributed by atoms with Crippen molar-refractivity contribution in [3.05, 3.63) is 78.1 Å². The van der Waals surface area contributed by atoms with E-state index in [4.69, 9.17) is 14.2 Å². The van der Waals surface area contributed by atoms with E-state index in [1.807, 2.05) is 36.4 Å². The molecular formula is C24H21N3O3. The van der Waals surface area contributed by atoms with Gasteiger partial charge in [0.2, 0.25) is 0 Å². The summed E-state index contributed by atoms with van der Waals surface area (Å²) in [5.74, 6) is 3.22. The van der Waals surface area contributed by atoms with Gasteiger partial charge in [0, 0.05) is 16.7 Å². The first-order valence-corrected chi connectivity index (χ1v) is 9.71. The van der Waals surface area contributed by atoms with Crippen LogP contribution in [0.5, 0.6) is 11.5 Å². The van der Waals surface area contributed by atoms with E-state index in [0.29, 0.717) is 13.2 Å². The van der Waals surface area contributed by atoms with Gasteiger partial charge in [-0.1, -0.05) is 42.5 Å². The lowest BCUT2D eigenvalue weighted by Crippen LogP contribution is -2.03. The van der Waals surface area contributed by atoms with Gasteiger partial charge in [0.1, 0.15) is 18.1 Å². The first-order chi connectivity index (χ1) is 14.8. The lowest BCUT2D eigenvalue weighted by Gasteiger charge is -2.13. The normalized spacial score (nSPS) is 12.6. The second-order valence-corrected chi connectivity index (χ2v) is 7.04. The Kier molecular flexibility index (Phi) is 4.69. The van der Waals surface area contributed by atoms with Crippen LogP contribution in [0.25, 0.3) is 28.2 Å². The highest BCUT2D eigenvalue weighted by molar-refractivity contribution is 5.73. The van der Waals surface area contributed by atoms with Crippen molar-refractivity contribution < 1.29 is 14.2 Å². The third kappa shape index (κ3) is 3.11. The zero-order valence-corrected chi connectivity index (χ0v) is 16.8. The second-order valence-electron chi connectivity index (χ2n) is 7.04. The van der Waals surface area contributed by atoms with Gasteiger partial charge in [-0.2, -0.15) is 0 Å². The Balaban J connectivity index is 1.58. The van der Waals surface area contributed by atoms with Crippen LogP contribution < -0.4 is 9.47 Å². The van der Waals surface area contributed by atoms with E-state index in [9.17, 15) is 0 Å². The Morgan fingerprint density at radius 1 is 0.833 bits per heavy atom. The van der Waals surface area contributed by atoms with Crippen LogP contribution in [0.4, 0.5) is 0 Å². The minimum absolute atomic E-state index is 0.406. The Hall–Kier alpha value is -3.64. The van der Waals surface area contributed by atoms with Gasteiger partial charge in [0.25, 0.3) is 0 Å². The van der Waals surface area contributed by atoms with Crippen molar-refractivity contribution in [1.29, 1.82) is 0 Å². The number of aromatic nitrogens is 3. The van der Waals surface area contributed by atoms with Crippen LogP contribution in [-0.2, 0) is 18.0 Å². The highest BCUT2D eigenvalue weighted by Gasteiger charge is 2.21. The summed E-state index contributed by atoms with van der Waals surface area (Å²) in [5, 5.41) is 8.84. The molecule has 2 heterocycles. The molecule has 0 N–H and O–H groups in total. The molecule has 0 spiro atoms. The summed E-state index contributed by atoms with van der Waals surface area (Å²) in [5.41, 5.74) is 5.17. The molecule has 0 fully saturated rings. The number of hydrogen-bond acceptors (Lipinski definition) is 5. The third-order valence-electron chi connectivity index (χ3n) is 5.31. The van der Waals surface area contributed by atoms with Crippen molar-refractivity contribution in [2.24, 2.45) is 0 Å². The Labute approximate surface area is 174 Å². The molecule has 0 bridgehead atoms. The molecule has 0 saturated carbocycles. The number of hydrogen-bond donors (Lipinski definition) is 0. The molecule has 0 atom stereocenters. The van der Waals surface area contributed by atoms with Crippen LogP contribution in [0.1, 0.15) is 11.4 Å². The summed E-state index contributed by atoms with van der Waals surface area (Å²) >= 11 is 0. The summed E-state index contributed by atoms with van der Waals surface area (Å²) in [6.07, 6.45) is 0. The van der Waals surface area contributed by atoms with Gasteiger partial charge >= 0.3 is 0 Å². The Morgan fingerprint density at radius 2 is 1.63 bits per heavy atom. The maximum absolute atomic E-state index is 5.81. The van der Waals surface area contributed by atoms with E-state index in [-0.39, 0.29) is 0 Å². The van der Waals surface area contributed by atoms with Crippen LogP contribution in [0, 0.1) is 0 Å². The van der Waals surface area contributed by atoms with E-state index in [0.717, 1.165) is 51.1 Å². The van der Waals surface area contributed by atoms with Crippen LogP contribution in [0.2, 0.25) is 0 Å². The smallest absolute Gasteiger partial charge is 0.168 e.